The van der Waals surface area contributed by atoms with E-state index in [0.717, 1.165) is 0 Å². The summed E-state index contributed by atoms with van der Waals surface area (Å²) in [6, 6.07) is 0.251. The Morgan fingerprint density at radius 3 is 2.70 bits per heavy atom. The second-order valence-electron chi connectivity index (χ2n) is 4.21. The minimum absolute atomic E-state index is 0.220. The van der Waals surface area contributed by atoms with Crippen LogP contribution < -0.4 is 15.0 Å². The lowest BCUT2D eigenvalue weighted by atomic mass is 10.3. The number of hydrogen-bond acceptors (Lipinski definition) is 7. The summed E-state index contributed by atoms with van der Waals surface area (Å²) in [7, 11) is 5.15. The quantitative estimate of drug-likeness (QED) is 0.921. The summed E-state index contributed by atoms with van der Waals surface area (Å²) in [5.74, 6) is 0.356. The Kier molecular flexibility index (Phi) is 4.14. The van der Waals surface area contributed by atoms with E-state index in [1.807, 2.05) is 14.1 Å². The third kappa shape index (κ3) is 2.85. The largest absolute Gasteiger partial charge is 0.467 e. The van der Waals surface area contributed by atoms with E-state index < -0.39 is 0 Å². The highest BCUT2D eigenvalue weighted by Gasteiger charge is 2.16. The molecule has 1 N–H and O–H groups in total. The van der Waals surface area contributed by atoms with Crippen molar-refractivity contribution >= 4 is 28.7 Å². The maximum Gasteiger partial charge on any atom is 0.318 e. The molecular weight excluding hydrogens is 278 g/mol. The molecule has 0 radical (unpaired) electrons. The van der Waals surface area contributed by atoms with Gasteiger partial charge in [-0.3, -0.25) is 4.79 Å². The molecule has 0 fully saturated rings. The van der Waals surface area contributed by atoms with E-state index in [1.165, 1.54) is 24.6 Å². The molecule has 0 atom stereocenters. The number of nitrogens with one attached hydrogen (secondary N) is 1. The summed E-state index contributed by atoms with van der Waals surface area (Å²) >= 11 is 1.30. The number of carbonyl (C=O) groups is 1. The first-order valence-corrected chi connectivity index (χ1v) is 6.70. The maximum absolute atomic E-state index is 12.2. The number of methoxy groups -OCH3 is 1. The molecule has 0 saturated carbocycles. The summed E-state index contributed by atoms with van der Waals surface area (Å²) in [6.45, 7) is 1.79. The van der Waals surface area contributed by atoms with Crippen LogP contribution in [0.4, 0.5) is 11.5 Å². The van der Waals surface area contributed by atoms with Gasteiger partial charge in [0.2, 0.25) is 0 Å². The van der Waals surface area contributed by atoms with Gasteiger partial charge in [-0.25, -0.2) is 9.97 Å². The number of anilines is 2. The first-order chi connectivity index (χ1) is 9.52. The Morgan fingerprint density at radius 2 is 2.15 bits per heavy atom. The molecule has 0 spiro atoms. The van der Waals surface area contributed by atoms with Crippen molar-refractivity contribution in [2.45, 2.75) is 6.92 Å². The molecule has 2 rings (SSSR count). The van der Waals surface area contributed by atoms with Gasteiger partial charge in [-0.2, -0.15) is 4.98 Å². The number of aromatic nitrogens is 3. The van der Waals surface area contributed by atoms with Gasteiger partial charge in [0.1, 0.15) is 10.6 Å². The fraction of sp³-hybridized carbons (Fsp3) is 0.333. The lowest BCUT2D eigenvalue weighted by Crippen LogP contribution is -2.18. The van der Waals surface area contributed by atoms with Gasteiger partial charge < -0.3 is 15.0 Å². The van der Waals surface area contributed by atoms with E-state index in [-0.39, 0.29) is 11.9 Å². The fourth-order valence-corrected chi connectivity index (χ4v) is 2.28. The number of carbonyl (C=O) groups excluding carboxylic acids is 1. The zero-order valence-electron chi connectivity index (χ0n) is 11.7. The summed E-state index contributed by atoms with van der Waals surface area (Å²) in [5.41, 5.74) is 2.86. The first kappa shape index (κ1) is 14.2. The Balaban J connectivity index is 2.29. The minimum Gasteiger partial charge on any atom is -0.467 e. The molecule has 0 aliphatic rings. The highest BCUT2D eigenvalue weighted by atomic mass is 32.1. The summed E-state index contributed by atoms with van der Waals surface area (Å²) in [4.78, 5) is 26.8. The zero-order valence-corrected chi connectivity index (χ0v) is 12.5. The number of amides is 1. The SMILES string of the molecule is COc1ncc(NC(=O)c2scnc2C)c(N(C)C)n1. The molecule has 0 aliphatic carbocycles. The molecule has 0 bridgehead atoms. The summed E-state index contributed by atoms with van der Waals surface area (Å²) in [5, 5.41) is 2.80. The highest BCUT2D eigenvalue weighted by Crippen LogP contribution is 2.24. The smallest absolute Gasteiger partial charge is 0.318 e. The molecule has 20 heavy (non-hydrogen) atoms. The molecule has 106 valence electrons. The maximum atomic E-state index is 12.2. The van der Waals surface area contributed by atoms with Gasteiger partial charge in [-0.15, -0.1) is 11.3 Å². The third-order valence-corrected chi connectivity index (χ3v) is 3.48. The summed E-state index contributed by atoms with van der Waals surface area (Å²) < 4.78 is 4.99. The van der Waals surface area contributed by atoms with E-state index in [1.54, 1.807) is 17.3 Å². The molecule has 7 nitrogen and oxygen atoms in total. The van der Waals surface area contributed by atoms with Crippen LogP contribution in [-0.2, 0) is 0 Å². The van der Waals surface area contributed by atoms with Crippen LogP contribution in [0.5, 0.6) is 6.01 Å². The van der Waals surface area contributed by atoms with Crippen LogP contribution in [0, 0.1) is 6.92 Å². The molecule has 1 amide bonds. The van der Waals surface area contributed by atoms with E-state index >= 15 is 0 Å². The van der Waals surface area contributed by atoms with Crippen molar-refractivity contribution in [1.82, 2.24) is 15.0 Å². The normalized spacial score (nSPS) is 10.2. The summed E-state index contributed by atoms with van der Waals surface area (Å²) in [6.07, 6.45) is 1.52. The van der Waals surface area contributed by atoms with Gasteiger partial charge in [0.05, 0.1) is 24.5 Å². The van der Waals surface area contributed by atoms with Crippen molar-refractivity contribution in [3.8, 4) is 6.01 Å². The molecule has 2 heterocycles. The number of aryl methyl sites for hydroxylation is 1. The molecule has 2 aromatic heterocycles. The molecule has 0 aromatic carbocycles. The predicted molar refractivity (Wildman–Crippen MR) is 77.7 cm³/mol. The van der Waals surface area contributed by atoms with E-state index in [4.69, 9.17) is 4.74 Å². The van der Waals surface area contributed by atoms with Gasteiger partial charge in [0, 0.05) is 14.1 Å². The van der Waals surface area contributed by atoms with Crippen LogP contribution in [0.25, 0.3) is 0 Å². The number of ether oxygens (including phenoxy) is 1. The van der Waals surface area contributed by atoms with Gasteiger partial charge in [0.15, 0.2) is 5.82 Å². The molecule has 2 aromatic rings. The van der Waals surface area contributed by atoms with Crippen molar-refractivity contribution in [3.05, 3.63) is 22.3 Å². The first-order valence-electron chi connectivity index (χ1n) is 5.82. The van der Waals surface area contributed by atoms with Gasteiger partial charge >= 0.3 is 6.01 Å². The standard InChI is InChI=1S/C12H15N5O2S/c1-7-9(20-6-14-7)11(18)15-8-5-13-12(19-4)16-10(8)17(2)3/h5-6H,1-4H3,(H,15,18). The van der Waals surface area contributed by atoms with Crippen LogP contribution in [0.3, 0.4) is 0 Å². The predicted octanol–water partition coefficient (Wildman–Crippen LogP) is 1.57. The molecule has 0 unspecified atom stereocenters. The van der Waals surface area contributed by atoms with Crippen LogP contribution in [0.1, 0.15) is 15.4 Å². The van der Waals surface area contributed by atoms with E-state index in [9.17, 15) is 4.79 Å². The van der Waals surface area contributed by atoms with Crippen molar-refractivity contribution < 1.29 is 9.53 Å². The number of thiazole rings is 1. The average molecular weight is 293 g/mol. The second kappa shape index (κ2) is 5.83. The zero-order chi connectivity index (χ0) is 14.7. The van der Waals surface area contributed by atoms with Crippen molar-refractivity contribution in [2.24, 2.45) is 0 Å². The van der Waals surface area contributed by atoms with Gasteiger partial charge in [0.25, 0.3) is 5.91 Å². The Hall–Kier alpha value is -2.22. The molecular formula is C12H15N5O2S. The number of rotatable bonds is 4. The lowest BCUT2D eigenvalue weighted by molar-refractivity contribution is 0.102. The highest BCUT2D eigenvalue weighted by molar-refractivity contribution is 7.12. The Labute approximate surface area is 120 Å². The molecule has 0 aliphatic heterocycles. The van der Waals surface area contributed by atoms with Crippen molar-refractivity contribution in [1.29, 1.82) is 0 Å². The van der Waals surface area contributed by atoms with Crippen LogP contribution in [0.2, 0.25) is 0 Å². The van der Waals surface area contributed by atoms with Gasteiger partial charge in [-0.05, 0) is 6.92 Å². The minimum atomic E-state index is -0.220. The van der Waals surface area contributed by atoms with Crippen molar-refractivity contribution in [3.63, 3.8) is 0 Å². The van der Waals surface area contributed by atoms with Crippen LogP contribution in [0.15, 0.2) is 11.7 Å². The third-order valence-electron chi connectivity index (χ3n) is 2.55. The topological polar surface area (TPSA) is 80.2 Å². The monoisotopic (exact) mass is 293 g/mol. The Bertz CT molecular complexity index is 626. The average Bonchev–Trinajstić information content (AvgIpc) is 2.85. The fourth-order valence-electron chi connectivity index (χ4n) is 1.58. The van der Waals surface area contributed by atoms with Crippen molar-refractivity contribution in [2.75, 3.05) is 31.4 Å². The Morgan fingerprint density at radius 1 is 1.40 bits per heavy atom. The molecule has 8 heteroatoms. The number of nitrogens with zero attached hydrogens (tertiary/aromatic N) is 4. The number of hydrogen-bond donors (Lipinski definition) is 1. The van der Waals surface area contributed by atoms with E-state index in [2.05, 4.69) is 20.3 Å². The van der Waals surface area contributed by atoms with E-state index in [0.29, 0.717) is 22.1 Å². The van der Waals surface area contributed by atoms with Crippen LogP contribution >= 0.6 is 11.3 Å². The lowest BCUT2D eigenvalue weighted by Gasteiger charge is -2.16. The molecule has 0 saturated heterocycles. The van der Waals surface area contributed by atoms with Crippen LogP contribution in [-0.4, -0.2) is 42.1 Å². The second-order valence-corrected chi connectivity index (χ2v) is 5.06. The van der Waals surface area contributed by atoms with Gasteiger partial charge in [-0.1, -0.05) is 0 Å².